The van der Waals surface area contributed by atoms with Gasteiger partial charge in [0.15, 0.2) is 0 Å². The highest BCUT2D eigenvalue weighted by Gasteiger charge is 2.26. The van der Waals surface area contributed by atoms with Crippen molar-refractivity contribution in [2.24, 2.45) is 5.73 Å². The first-order valence-electron chi connectivity index (χ1n) is 5.69. The Bertz CT molecular complexity index is 560. The summed E-state index contributed by atoms with van der Waals surface area (Å²) in [6.07, 6.45) is 1.22. The maximum atomic E-state index is 11.4. The van der Waals surface area contributed by atoms with E-state index < -0.39 is 22.8 Å². The van der Waals surface area contributed by atoms with Crippen LogP contribution in [0.5, 0.6) is 0 Å². The predicted molar refractivity (Wildman–Crippen MR) is 69.5 cm³/mol. The third-order valence-corrected chi connectivity index (χ3v) is 2.80. The number of hydrogen-bond donors (Lipinski definition) is 2. The largest absolute Gasteiger partial charge is 0.480 e. The van der Waals surface area contributed by atoms with Crippen LogP contribution in [0.3, 0.4) is 0 Å². The van der Waals surface area contributed by atoms with Crippen molar-refractivity contribution >= 4 is 23.4 Å². The van der Waals surface area contributed by atoms with E-state index in [-0.39, 0.29) is 23.5 Å². The molecule has 1 heterocycles. The first kappa shape index (κ1) is 15.3. The summed E-state index contributed by atoms with van der Waals surface area (Å²) in [5.74, 6) is -2.01. The Balaban J connectivity index is 3.33. The normalized spacial score (nSPS) is 11.7. The summed E-state index contributed by atoms with van der Waals surface area (Å²) in [6.45, 7) is 1.66. The number of hydrogen-bond acceptors (Lipinski definition) is 6. The molecular formula is C11H14N4O5. The van der Waals surface area contributed by atoms with Crippen molar-refractivity contribution in [1.82, 2.24) is 4.98 Å². The molecule has 0 saturated heterocycles. The van der Waals surface area contributed by atoms with Crippen LogP contribution >= 0.6 is 0 Å². The molecule has 0 radical (unpaired) electrons. The van der Waals surface area contributed by atoms with Gasteiger partial charge in [-0.25, -0.2) is 9.78 Å². The molecule has 0 spiro atoms. The molecule has 9 heteroatoms. The SMILES string of the molecule is CCC(C(=O)O)N(C)c1ncc([N+](=O)[O-])cc1C(N)=O. The number of carboxylic acid groups (broad SMARTS) is 1. The molecule has 1 aromatic heterocycles. The van der Waals surface area contributed by atoms with Gasteiger partial charge < -0.3 is 15.7 Å². The summed E-state index contributed by atoms with van der Waals surface area (Å²) < 4.78 is 0. The maximum absolute atomic E-state index is 11.4. The van der Waals surface area contributed by atoms with Gasteiger partial charge in [-0.05, 0) is 6.42 Å². The highest BCUT2D eigenvalue weighted by molar-refractivity contribution is 5.98. The second kappa shape index (κ2) is 5.95. The van der Waals surface area contributed by atoms with Gasteiger partial charge in [0, 0.05) is 13.1 Å². The molecule has 1 aromatic rings. The van der Waals surface area contributed by atoms with Crippen molar-refractivity contribution in [2.45, 2.75) is 19.4 Å². The summed E-state index contributed by atoms with van der Waals surface area (Å²) in [6, 6.07) is 0.0671. The molecule has 108 valence electrons. The van der Waals surface area contributed by atoms with Crippen LogP contribution < -0.4 is 10.6 Å². The van der Waals surface area contributed by atoms with Crippen LogP contribution in [-0.4, -0.2) is 40.0 Å². The van der Waals surface area contributed by atoms with Gasteiger partial charge in [0.25, 0.3) is 11.6 Å². The minimum Gasteiger partial charge on any atom is -0.480 e. The van der Waals surface area contributed by atoms with Gasteiger partial charge in [0.2, 0.25) is 0 Å². The van der Waals surface area contributed by atoms with E-state index in [1.54, 1.807) is 6.92 Å². The molecule has 1 unspecified atom stereocenters. The quantitative estimate of drug-likeness (QED) is 0.568. The fraction of sp³-hybridized carbons (Fsp3) is 0.364. The Labute approximate surface area is 114 Å². The van der Waals surface area contributed by atoms with Gasteiger partial charge in [0.1, 0.15) is 18.1 Å². The van der Waals surface area contributed by atoms with Gasteiger partial charge >= 0.3 is 5.97 Å². The number of nitro groups is 1. The predicted octanol–water partition coefficient (Wildman–Crippen LogP) is 0.388. The van der Waals surface area contributed by atoms with Crippen molar-refractivity contribution in [3.63, 3.8) is 0 Å². The number of carbonyl (C=O) groups excluding carboxylic acids is 1. The molecule has 0 aliphatic heterocycles. The molecule has 20 heavy (non-hydrogen) atoms. The lowest BCUT2D eigenvalue weighted by Gasteiger charge is -2.25. The Hall–Kier alpha value is -2.71. The lowest BCUT2D eigenvalue weighted by atomic mass is 10.1. The zero-order chi connectivity index (χ0) is 15.4. The fourth-order valence-corrected chi connectivity index (χ4v) is 1.77. The number of pyridine rings is 1. The molecular weight excluding hydrogens is 268 g/mol. The Morgan fingerprint density at radius 2 is 2.20 bits per heavy atom. The van der Waals surface area contributed by atoms with E-state index in [0.29, 0.717) is 0 Å². The van der Waals surface area contributed by atoms with Crippen LogP contribution in [0, 0.1) is 10.1 Å². The van der Waals surface area contributed by atoms with Gasteiger partial charge in [0.05, 0.1) is 10.5 Å². The Morgan fingerprint density at radius 3 is 2.60 bits per heavy atom. The topological polar surface area (TPSA) is 140 Å². The minimum absolute atomic E-state index is 0.00245. The lowest BCUT2D eigenvalue weighted by molar-refractivity contribution is -0.385. The highest BCUT2D eigenvalue weighted by atomic mass is 16.6. The van der Waals surface area contributed by atoms with E-state index >= 15 is 0 Å². The van der Waals surface area contributed by atoms with Gasteiger partial charge in [-0.2, -0.15) is 0 Å². The van der Waals surface area contributed by atoms with Crippen molar-refractivity contribution in [1.29, 1.82) is 0 Å². The molecule has 1 rings (SSSR count). The van der Waals surface area contributed by atoms with Crippen molar-refractivity contribution < 1.29 is 19.6 Å². The number of carboxylic acids is 1. The van der Waals surface area contributed by atoms with Crippen molar-refractivity contribution in [3.05, 3.63) is 27.9 Å². The minimum atomic E-state index is -1.09. The maximum Gasteiger partial charge on any atom is 0.326 e. The standard InChI is InChI=1S/C11H14N4O5/c1-3-8(11(17)18)14(2)10-7(9(12)16)4-6(5-13-10)15(19)20/h4-5,8H,3H2,1-2H3,(H2,12,16)(H,17,18). The second-order valence-corrected chi connectivity index (χ2v) is 4.06. The number of carbonyl (C=O) groups is 2. The number of amides is 1. The summed E-state index contributed by atoms with van der Waals surface area (Å²) in [5, 5.41) is 19.7. The van der Waals surface area contributed by atoms with Gasteiger partial charge in [-0.1, -0.05) is 6.92 Å². The second-order valence-electron chi connectivity index (χ2n) is 4.06. The van der Waals surface area contributed by atoms with Gasteiger partial charge in [-0.3, -0.25) is 14.9 Å². The zero-order valence-electron chi connectivity index (χ0n) is 10.9. The van der Waals surface area contributed by atoms with E-state index in [1.165, 1.54) is 11.9 Å². The summed E-state index contributed by atoms with van der Waals surface area (Å²) in [7, 11) is 1.43. The van der Waals surface area contributed by atoms with Crippen LogP contribution in [0.4, 0.5) is 11.5 Å². The fourth-order valence-electron chi connectivity index (χ4n) is 1.77. The third-order valence-electron chi connectivity index (χ3n) is 2.80. The molecule has 0 aliphatic carbocycles. The van der Waals surface area contributed by atoms with Crippen LogP contribution in [0.15, 0.2) is 12.3 Å². The molecule has 1 amide bonds. The zero-order valence-corrected chi connectivity index (χ0v) is 10.9. The summed E-state index contributed by atoms with van der Waals surface area (Å²) in [4.78, 5) is 37.5. The van der Waals surface area contributed by atoms with Crippen LogP contribution in [-0.2, 0) is 4.79 Å². The van der Waals surface area contributed by atoms with E-state index in [4.69, 9.17) is 10.8 Å². The van der Waals surface area contributed by atoms with E-state index in [9.17, 15) is 19.7 Å². The average Bonchev–Trinajstić information content (AvgIpc) is 2.37. The van der Waals surface area contributed by atoms with Crippen molar-refractivity contribution in [3.8, 4) is 0 Å². The summed E-state index contributed by atoms with van der Waals surface area (Å²) in [5.41, 5.74) is 4.58. The van der Waals surface area contributed by atoms with E-state index in [1.807, 2.05) is 0 Å². The molecule has 0 saturated carbocycles. The third kappa shape index (κ3) is 2.99. The number of likely N-dealkylation sites (N-methyl/N-ethyl adjacent to an activating group) is 1. The molecule has 0 fully saturated rings. The van der Waals surface area contributed by atoms with Gasteiger partial charge in [-0.15, -0.1) is 0 Å². The molecule has 0 aromatic carbocycles. The molecule has 0 bridgehead atoms. The Morgan fingerprint density at radius 1 is 1.60 bits per heavy atom. The number of aromatic nitrogens is 1. The number of primary amides is 1. The van der Waals surface area contributed by atoms with E-state index in [2.05, 4.69) is 4.98 Å². The smallest absolute Gasteiger partial charge is 0.326 e. The van der Waals surface area contributed by atoms with Crippen LogP contribution in [0.2, 0.25) is 0 Å². The number of rotatable bonds is 6. The molecule has 0 aliphatic rings. The number of anilines is 1. The molecule has 9 nitrogen and oxygen atoms in total. The van der Waals surface area contributed by atoms with Crippen LogP contribution in [0.25, 0.3) is 0 Å². The van der Waals surface area contributed by atoms with Crippen molar-refractivity contribution in [2.75, 3.05) is 11.9 Å². The Kier molecular flexibility index (Phi) is 4.57. The lowest BCUT2D eigenvalue weighted by Crippen LogP contribution is -2.39. The first-order chi connectivity index (χ1) is 9.29. The van der Waals surface area contributed by atoms with Crippen LogP contribution in [0.1, 0.15) is 23.7 Å². The molecule has 3 N–H and O–H groups in total. The summed E-state index contributed by atoms with van der Waals surface area (Å²) >= 11 is 0. The highest BCUT2D eigenvalue weighted by Crippen LogP contribution is 2.23. The monoisotopic (exact) mass is 282 g/mol. The average molecular weight is 282 g/mol. The number of nitrogens with two attached hydrogens (primary N) is 1. The number of nitrogens with zero attached hydrogens (tertiary/aromatic N) is 3. The van der Waals surface area contributed by atoms with E-state index in [0.717, 1.165) is 12.3 Å². The first-order valence-corrected chi connectivity index (χ1v) is 5.69. The molecule has 1 atom stereocenters. The number of aliphatic carboxylic acids is 1.